The molecule has 2 aliphatic carbocycles. The molecule has 2 nitrogen and oxygen atoms in total. The Morgan fingerprint density at radius 3 is 2.80 bits per heavy atom. The van der Waals surface area contributed by atoms with Gasteiger partial charge in [0.1, 0.15) is 0 Å². The summed E-state index contributed by atoms with van der Waals surface area (Å²) in [6, 6.07) is 0. The summed E-state index contributed by atoms with van der Waals surface area (Å²) < 4.78 is 0. The van der Waals surface area contributed by atoms with Crippen molar-refractivity contribution in [3.05, 3.63) is 16.1 Å². The van der Waals surface area contributed by atoms with Crippen LogP contribution in [0.5, 0.6) is 0 Å². The number of hydrogen-bond donors (Lipinski definition) is 1. The van der Waals surface area contributed by atoms with E-state index in [0.717, 1.165) is 24.0 Å². The molecular weight excluding hydrogens is 206 g/mol. The molecular formula is C12H17NOS. The van der Waals surface area contributed by atoms with Crippen LogP contribution in [-0.4, -0.2) is 16.7 Å². The molecule has 0 saturated heterocycles. The maximum absolute atomic E-state index is 9.60. The quantitative estimate of drug-likeness (QED) is 0.853. The lowest BCUT2D eigenvalue weighted by atomic mass is 9.81. The molecule has 0 amide bonds. The third-order valence-corrected chi connectivity index (χ3v) is 4.95. The Bertz CT molecular complexity index is 363. The fraction of sp³-hybridized carbons (Fsp3) is 0.750. The van der Waals surface area contributed by atoms with Gasteiger partial charge in [0, 0.05) is 29.5 Å². The average molecular weight is 223 g/mol. The van der Waals surface area contributed by atoms with E-state index in [0.29, 0.717) is 6.61 Å². The molecule has 2 unspecified atom stereocenters. The molecule has 1 heterocycles. The highest BCUT2D eigenvalue weighted by molar-refractivity contribution is 7.09. The molecule has 3 rings (SSSR count). The number of aliphatic hydroxyl groups excluding tert-OH is 1. The van der Waals surface area contributed by atoms with Crippen molar-refractivity contribution in [2.24, 2.45) is 17.3 Å². The Kier molecular flexibility index (Phi) is 2.15. The predicted octanol–water partition coefficient (Wildman–Crippen LogP) is 2.40. The average Bonchev–Trinajstić information content (AvgIpc) is 2.65. The van der Waals surface area contributed by atoms with Crippen molar-refractivity contribution in [3.8, 4) is 0 Å². The van der Waals surface area contributed by atoms with Crippen molar-refractivity contribution < 1.29 is 5.11 Å². The zero-order valence-corrected chi connectivity index (χ0v) is 9.89. The molecule has 0 aliphatic heterocycles. The highest BCUT2D eigenvalue weighted by atomic mass is 32.1. The Balaban J connectivity index is 1.75. The molecule has 0 aromatic carbocycles. The molecule has 0 spiro atoms. The van der Waals surface area contributed by atoms with Gasteiger partial charge in [0.05, 0.1) is 5.01 Å². The summed E-state index contributed by atoms with van der Waals surface area (Å²) in [7, 11) is 0. The Morgan fingerprint density at radius 1 is 1.53 bits per heavy atom. The SMILES string of the molecule is Cc1csc(CC2(CO)CC3CC3C2)n1. The summed E-state index contributed by atoms with van der Waals surface area (Å²) in [6.07, 6.45) is 4.87. The second kappa shape index (κ2) is 3.29. The number of fused-ring (bicyclic) bond motifs is 1. The number of aryl methyl sites for hydroxylation is 1. The maximum Gasteiger partial charge on any atom is 0.0934 e. The van der Waals surface area contributed by atoms with Crippen LogP contribution >= 0.6 is 11.3 Å². The molecule has 15 heavy (non-hydrogen) atoms. The van der Waals surface area contributed by atoms with Crippen LogP contribution in [0, 0.1) is 24.2 Å². The van der Waals surface area contributed by atoms with Gasteiger partial charge < -0.3 is 5.11 Å². The van der Waals surface area contributed by atoms with E-state index in [9.17, 15) is 5.11 Å². The van der Waals surface area contributed by atoms with Crippen LogP contribution in [0.1, 0.15) is 30.0 Å². The van der Waals surface area contributed by atoms with E-state index < -0.39 is 0 Å². The Morgan fingerprint density at radius 2 is 2.27 bits per heavy atom. The minimum absolute atomic E-state index is 0.178. The molecule has 0 radical (unpaired) electrons. The van der Waals surface area contributed by atoms with E-state index in [1.54, 1.807) is 11.3 Å². The second-order valence-corrected chi connectivity index (χ2v) is 6.32. The molecule has 0 bridgehead atoms. The lowest BCUT2D eigenvalue weighted by Crippen LogP contribution is -2.26. The van der Waals surface area contributed by atoms with Gasteiger partial charge in [-0.2, -0.15) is 0 Å². The van der Waals surface area contributed by atoms with E-state index in [-0.39, 0.29) is 5.41 Å². The van der Waals surface area contributed by atoms with Crippen LogP contribution in [0.25, 0.3) is 0 Å². The number of aliphatic hydroxyl groups is 1. The van der Waals surface area contributed by atoms with Crippen LogP contribution < -0.4 is 0 Å². The van der Waals surface area contributed by atoms with Gasteiger partial charge >= 0.3 is 0 Å². The summed E-state index contributed by atoms with van der Waals surface area (Å²) in [5.74, 6) is 1.86. The van der Waals surface area contributed by atoms with Gasteiger partial charge in [-0.1, -0.05) is 0 Å². The topological polar surface area (TPSA) is 33.1 Å². The van der Waals surface area contributed by atoms with Gasteiger partial charge in [0.25, 0.3) is 0 Å². The van der Waals surface area contributed by atoms with E-state index in [1.165, 1.54) is 24.3 Å². The predicted molar refractivity (Wildman–Crippen MR) is 60.9 cm³/mol. The second-order valence-electron chi connectivity index (χ2n) is 5.38. The molecule has 2 atom stereocenters. The Hall–Kier alpha value is -0.410. The monoisotopic (exact) mass is 223 g/mol. The maximum atomic E-state index is 9.60. The first-order valence-corrected chi connectivity index (χ1v) is 6.61. The third-order valence-electron chi connectivity index (χ3n) is 3.99. The molecule has 82 valence electrons. The molecule has 3 heteroatoms. The standard InChI is InChI=1S/C12H17NOS/c1-8-6-15-11(13-8)5-12(7-14)3-9-2-10(9)4-12/h6,9-10,14H,2-5,7H2,1H3. The summed E-state index contributed by atoms with van der Waals surface area (Å²) in [5.41, 5.74) is 1.30. The van der Waals surface area contributed by atoms with Gasteiger partial charge in [-0.3, -0.25) is 0 Å². The highest BCUT2D eigenvalue weighted by Gasteiger charge is 2.53. The smallest absolute Gasteiger partial charge is 0.0934 e. The minimum Gasteiger partial charge on any atom is -0.396 e. The summed E-state index contributed by atoms with van der Waals surface area (Å²) >= 11 is 1.74. The number of thiazole rings is 1. The van der Waals surface area contributed by atoms with Crippen molar-refractivity contribution in [3.63, 3.8) is 0 Å². The molecule has 2 saturated carbocycles. The fourth-order valence-electron chi connectivity index (χ4n) is 3.14. The van der Waals surface area contributed by atoms with E-state index in [4.69, 9.17) is 0 Å². The first-order valence-electron chi connectivity index (χ1n) is 5.73. The first kappa shape index (κ1) is 9.79. The third kappa shape index (κ3) is 1.72. The van der Waals surface area contributed by atoms with Crippen LogP contribution in [0.4, 0.5) is 0 Å². The van der Waals surface area contributed by atoms with Crippen molar-refractivity contribution in [2.75, 3.05) is 6.61 Å². The normalized spacial score (nSPS) is 38.0. The number of nitrogens with zero attached hydrogens (tertiary/aromatic N) is 1. The van der Waals surface area contributed by atoms with Crippen LogP contribution in [-0.2, 0) is 6.42 Å². The van der Waals surface area contributed by atoms with Crippen LogP contribution in [0.15, 0.2) is 5.38 Å². The summed E-state index contributed by atoms with van der Waals surface area (Å²) in [5, 5.41) is 12.9. The number of aromatic nitrogens is 1. The van der Waals surface area contributed by atoms with Gasteiger partial charge in [0.15, 0.2) is 0 Å². The van der Waals surface area contributed by atoms with E-state index in [1.807, 2.05) is 6.92 Å². The molecule has 2 fully saturated rings. The van der Waals surface area contributed by atoms with E-state index in [2.05, 4.69) is 10.4 Å². The van der Waals surface area contributed by atoms with Gasteiger partial charge in [-0.15, -0.1) is 11.3 Å². The van der Waals surface area contributed by atoms with E-state index >= 15 is 0 Å². The molecule has 1 N–H and O–H groups in total. The number of rotatable bonds is 3. The molecule has 2 aliphatic rings. The first-order chi connectivity index (χ1) is 7.21. The zero-order chi connectivity index (χ0) is 10.5. The van der Waals surface area contributed by atoms with Crippen molar-refractivity contribution in [1.82, 2.24) is 4.98 Å². The minimum atomic E-state index is 0.178. The lowest BCUT2D eigenvalue weighted by Gasteiger charge is -2.27. The summed E-state index contributed by atoms with van der Waals surface area (Å²) in [4.78, 5) is 4.51. The van der Waals surface area contributed by atoms with Crippen molar-refractivity contribution in [2.45, 2.75) is 32.6 Å². The van der Waals surface area contributed by atoms with Crippen molar-refractivity contribution in [1.29, 1.82) is 0 Å². The Labute approximate surface area is 94.4 Å². The molecule has 1 aromatic rings. The van der Waals surface area contributed by atoms with Crippen molar-refractivity contribution >= 4 is 11.3 Å². The van der Waals surface area contributed by atoms with Gasteiger partial charge in [-0.25, -0.2) is 4.98 Å². The fourth-order valence-corrected chi connectivity index (χ4v) is 4.09. The largest absolute Gasteiger partial charge is 0.396 e. The molecule has 1 aromatic heterocycles. The summed E-state index contributed by atoms with van der Waals surface area (Å²) in [6.45, 7) is 2.39. The highest BCUT2D eigenvalue weighted by Crippen LogP contribution is 2.60. The van der Waals surface area contributed by atoms with Crippen LogP contribution in [0.2, 0.25) is 0 Å². The zero-order valence-electron chi connectivity index (χ0n) is 9.07. The van der Waals surface area contributed by atoms with Crippen LogP contribution in [0.3, 0.4) is 0 Å². The number of hydrogen-bond acceptors (Lipinski definition) is 3. The van der Waals surface area contributed by atoms with Gasteiger partial charge in [0.2, 0.25) is 0 Å². The van der Waals surface area contributed by atoms with Gasteiger partial charge in [-0.05, 0) is 38.0 Å². The lowest BCUT2D eigenvalue weighted by molar-refractivity contribution is 0.117.